The molecule has 1 aromatic carbocycles. The zero-order valence-electron chi connectivity index (χ0n) is 9.27. The van der Waals surface area contributed by atoms with E-state index in [-0.39, 0.29) is 11.6 Å². The van der Waals surface area contributed by atoms with Crippen molar-refractivity contribution >= 4 is 17.9 Å². The second-order valence-electron chi connectivity index (χ2n) is 3.54. The van der Waals surface area contributed by atoms with Gasteiger partial charge in [-0.2, -0.15) is 0 Å². The number of nitrogens with zero attached hydrogens (tertiary/aromatic N) is 1. The molecule has 0 aliphatic carbocycles. The van der Waals surface area contributed by atoms with Crippen LogP contribution in [0.2, 0.25) is 5.02 Å². The second kappa shape index (κ2) is 5.60. The highest BCUT2D eigenvalue weighted by Gasteiger charge is 2.06. The maximum absolute atomic E-state index is 13.5. The zero-order chi connectivity index (χ0) is 13.0. The van der Waals surface area contributed by atoms with Crippen molar-refractivity contribution in [3.05, 3.63) is 58.6 Å². The molecule has 0 saturated carbocycles. The molecule has 92 valence electrons. The molecule has 0 bridgehead atoms. The van der Waals surface area contributed by atoms with E-state index in [2.05, 4.69) is 4.98 Å². The minimum Gasteiger partial charge on any atom is -0.487 e. The molecule has 5 heteroatoms. The molecule has 0 fully saturated rings. The van der Waals surface area contributed by atoms with Gasteiger partial charge in [0.25, 0.3) is 0 Å². The molecule has 18 heavy (non-hydrogen) atoms. The van der Waals surface area contributed by atoms with Crippen molar-refractivity contribution in [1.29, 1.82) is 0 Å². The average molecular weight is 266 g/mol. The molecule has 3 nitrogen and oxygen atoms in total. The number of pyridine rings is 1. The molecule has 1 aromatic heterocycles. The number of carbonyl (C=O) groups is 1. The molecule has 0 aliphatic rings. The van der Waals surface area contributed by atoms with E-state index in [0.717, 1.165) is 0 Å². The maximum atomic E-state index is 13.5. The van der Waals surface area contributed by atoms with Gasteiger partial charge >= 0.3 is 0 Å². The summed E-state index contributed by atoms with van der Waals surface area (Å²) in [6.45, 7) is 0.0501. The van der Waals surface area contributed by atoms with Crippen LogP contribution in [0.25, 0.3) is 0 Å². The summed E-state index contributed by atoms with van der Waals surface area (Å²) in [5, 5.41) is 0.0607. The lowest BCUT2D eigenvalue weighted by molar-refractivity contribution is 0.111. The fraction of sp³-hybridized carbons (Fsp3) is 0.0769. The first-order chi connectivity index (χ1) is 8.70. The maximum Gasteiger partial charge on any atom is 0.168 e. The van der Waals surface area contributed by atoms with Crippen LogP contribution in [-0.4, -0.2) is 11.3 Å². The zero-order valence-corrected chi connectivity index (χ0v) is 10.0. The lowest BCUT2D eigenvalue weighted by Gasteiger charge is -2.07. The topological polar surface area (TPSA) is 39.2 Å². The number of hydrogen-bond donors (Lipinski definition) is 0. The standard InChI is InChI=1S/C13H9ClFNO2/c14-12-3-1-2-9(13(12)15)8-18-11-5-4-10(7-17)16-6-11/h1-7H,8H2. The third-order valence-electron chi connectivity index (χ3n) is 2.31. The number of aromatic nitrogens is 1. The van der Waals surface area contributed by atoms with Crippen LogP contribution in [-0.2, 0) is 6.61 Å². The normalized spacial score (nSPS) is 10.1. The van der Waals surface area contributed by atoms with E-state index in [9.17, 15) is 9.18 Å². The monoisotopic (exact) mass is 265 g/mol. The van der Waals surface area contributed by atoms with Gasteiger partial charge in [0.2, 0.25) is 0 Å². The quantitative estimate of drug-likeness (QED) is 0.797. The highest BCUT2D eigenvalue weighted by atomic mass is 35.5. The summed E-state index contributed by atoms with van der Waals surface area (Å²) in [5.41, 5.74) is 0.679. The van der Waals surface area contributed by atoms with Gasteiger partial charge in [-0.05, 0) is 18.2 Å². The van der Waals surface area contributed by atoms with Crippen molar-refractivity contribution in [1.82, 2.24) is 4.98 Å². The third-order valence-corrected chi connectivity index (χ3v) is 2.60. The van der Waals surface area contributed by atoms with E-state index >= 15 is 0 Å². The van der Waals surface area contributed by atoms with Crippen LogP contribution in [0.3, 0.4) is 0 Å². The van der Waals surface area contributed by atoms with Crippen molar-refractivity contribution in [2.45, 2.75) is 6.61 Å². The molecular formula is C13H9ClFNO2. The first-order valence-corrected chi connectivity index (χ1v) is 5.55. The van der Waals surface area contributed by atoms with E-state index in [1.54, 1.807) is 18.2 Å². The Kier molecular flexibility index (Phi) is 3.89. The minimum atomic E-state index is -0.489. The predicted octanol–water partition coefficient (Wildman–Crippen LogP) is 3.27. The molecule has 0 radical (unpaired) electrons. The van der Waals surface area contributed by atoms with Gasteiger partial charge in [0.1, 0.15) is 23.9 Å². The smallest absolute Gasteiger partial charge is 0.168 e. The SMILES string of the molecule is O=Cc1ccc(OCc2cccc(Cl)c2F)cn1. The van der Waals surface area contributed by atoms with Crippen LogP contribution in [0.4, 0.5) is 4.39 Å². The van der Waals surface area contributed by atoms with Gasteiger partial charge in [-0.15, -0.1) is 0 Å². The van der Waals surface area contributed by atoms with Crippen molar-refractivity contribution < 1.29 is 13.9 Å². The summed E-state index contributed by atoms with van der Waals surface area (Å²) >= 11 is 5.65. The molecule has 0 saturated heterocycles. The van der Waals surface area contributed by atoms with Gasteiger partial charge in [-0.25, -0.2) is 9.37 Å². The van der Waals surface area contributed by atoms with E-state index in [4.69, 9.17) is 16.3 Å². The Bertz CT molecular complexity index is 557. The molecule has 1 heterocycles. The molecule has 0 spiro atoms. The Morgan fingerprint density at radius 1 is 1.33 bits per heavy atom. The molecular weight excluding hydrogens is 257 g/mol. The van der Waals surface area contributed by atoms with Crippen LogP contribution in [0.15, 0.2) is 36.5 Å². The predicted molar refractivity (Wildman–Crippen MR) is 65.4 cm³/mol. The van der Waals surface area contributed by atoms with Gasteiger partial charge in [-0.3, -0.25) is 4.79 Å². The van der Waals surface area contributed by atoms with Crippen LogP contribution < -0.4 is 4.74 Å². The summed E-state index contributed by atoms with van der Waals surface area (Å²) < 4.78 is 18.9. The Balaban J connectivity index is 2.06. The summed E-state index contributed by atoms with van der Waals surface area (Å²) in [7, 11) is 0. The Morgan fingerprint density at radius 2 is 2.17 bits per heavy atom. The highest BCUT2D eigenvalue weighted by molar-refractivity contribution is 6.30. The molecule has 0 unspecified atom stereocenters. The van der Waals surface area contributed by atoms with Gasteiger partial charge in [0, 0.05) is 5.56 Å². The number of aldehydes is 1. The third kappa shape index (κ3) is 2.84. The molecule has 2 rings (SSSR count). The molecule has 0 aliphatic heterocycles. The lowest BCUT2D eigenvalue weighted by Crippen LogP contribution is -1.99. The van der Waals surface area contributed by atoms with Crippen molar-refractivity contribution in [2.24, 2.45) is 0 Å². The number of carbonyl (C=O) groups excluding carboxylic acids is 1. The van der Waals surface area contributed by atoms with E-state index < -0.39 is 5.82 Å². The van der Waals surface area contributed by atoms with E-state index in [0.29, 0.717) is 23.3 Å². The van der Waals surface area contributed by atoms with Crippen LogP contribution in [0.5, 0.6) is 5.75 Å². The number of ether oxygens (including phenoxy) is 1. The Hall–Kier alpha value is -1.94. The van der Waals surface area contributed by atoms with Crippen molar-refractivity contribution in [3.63, 3.8) is 0 Å². The number of halogens is 2. The summed E-state index contributed by atoms with van der Waals surface area (Å²) in [6.07, 6.45) is 2.05. The summed E-state index contributed by atoms with van der Waals surface area (Å²) in [4.78, 5) is 14.2. The molecule has 2 aromatic rings. The first kappa shape index (κ1) is 12.5. The van der Waals surface area contributed by atoms with Crippen LogP contribution in [0, 0.1) is 5.82 Å². The van der Waals surface area contributed by atoms with Gasteiger partial charge < -0.3 is 4.74 Å². The van der Waals surface area contributed by atoms with Gasteiger partial charge in [0.05, 0.1) is 11.2 Å². The largest absolute Gasteiger partial charge is 0.487 e. The van der Waals surface area contributed by atoms with E-state index in [1.165, 1.54) is 18.3 Å². The molecule has 0 atom stereocenters. The van der Waals surface area contributed by atoms with E-state index in [1.807, 2.05) is 0 Å². The van der Waals surface area contributed by atoms with Crippen molar-refractivity contribution in [2.75, 3.05) is 0 Å². The first-order valence-electron chi connectivity index (χ1n) is 5.17. The average Bonchev–Trinajstić information content (AvgIpc) is 2.41. The number of rotatable bonds is 4. The highest BCUT2D eigenvalue weighted by Crippen LogP contribution is 2.19. The lowest BCUT2D eigenvalue weighted by atomic mass is 10.2. The summed E-state index contributed by atoms with van der Waals surface area (Å²) in [6, 6.07) is 7.84. The molecule has 0 amide bonds. The van der Waals surface area contributed by atoms with Gasteiger partial charge in [0.15, 0.2) is 6.29 Å². The Labute approximate surface area is 108 Å². The van der Waals surface area contributed by atoms with Crippen LogP contribution >= 0.6 is 11.6 Å². The van der Waals surface area contributed by atoms with Crippen LogP contribution in [0.1, 0.15) is 16.1 Å². The van der Waals surface area contributed by atoms with Crippen molar-refractivity contribution in [3.8, 4) is 5.75 Å². The Morgan fingerprint density at radius 3 is 2.83 bits per heavy atom. The van der Waals surface area contributed by atoms with Gasteiger partial charge in [-0.1, -0.05) is 23.7 Å². The fourth-order valence-corrected chi connectivity index (χ4v) is 1.56. The fourth-order valence-electron chi connectivity index (χ4n) is 1.37. The number of hydrogen-bond acceptors (Lipinski definition) is 3. The minimum absolute atomic E-state index is 0.0501. The molecule has 0 N–H and O–H groups in total. The number of benzene rings is 1. The second-order valence-corrected chi connectivity index (χ2v) is 3.95. The summed E-state index contributed by atoms with van der Waals surface area (Å²) in [5.74, 6) is -0.0309.